The minimum Gasteiger partial charge on any atom is -0.387 e. The van der Waals surface area contributed by atoms with Crippen molar-refractivity contribution in [1.82, 2.24) is 9.55 Å². The molecule has 3 heteroatoms. The fourth-order valence-corrected chi connectivity index (χ4v) is 1.64. The van der Waals surface area contributed by atoms with Crippen LogP contribution in [0.4, 0.5) is 0 Å². The Hall–Kier alpha value is -0.830. The Bertz CT molecular complexity index is 278. The monoisotopic (exact) mass is 180 g/mol. The quantitative estimate of drug-likeness (QED) is 0.765. The van der Waals surface area contributed by atoms with Crippen LogP contribution < -0.4 is 0 Å². The van der Waals surface area contributed by atoms with Crippen LogP contribution in [-0.2, 0) is 7.05 Å². The van der Waals surface area contributed by atoms with E-state index >= 15 is 0 Å². The normalized spacial score (nSPS) is 18.9. The van der Waals surface area contributed by atoms with Crippen molar-refractivity contribution < 1.29 is 5.11 Å². The molecule has 72 valence electrons. The average Bonchev–Trinajstić information content (AvgIpc) is 2.84. The molecule has 0 saturated heterocycles. The molecule has 0 radical (unpaired) electrons. The molecular weight excluding hydrogens is 164 g/mol. The molecule has 0 aliphatic heterocycles. The molecule has 0 aromatic carbocycles. The van der Waals surface area contributed by atoms with Crippen LogP contribution in [-0.4, -0.2) is 14.7 Å². The minimum atomic E-state index is -0.326. The first-order chi connectivity index (χ1) is 6.27. The van der Waals surface area contributed by atoms with Gasteiger partial charge in [0.15, 0.2) is 0 Å². The number of hydrogen-bond acceptors (Lipinski definition) is 2. The number of imidazole rings is 1. The van der Waals surface area contributed by atoms with Crippen LogP contribution in [0.2, 0.25) is 0 Å². The van der Waals surface area contributed by atoms with Crippen LogP contribution in [0, 0.1) is 5.92 Å². The molecule has 1 fully saturated rings. The van der Waals surface area contributed by atoms with Gasteiger partial charge in [-0.1, -0.05) is 12.8 Å². The lowest BCUT2D eigenvalue weighted by Gasteiger charge is -2.10. The van der Waals surface area contributed by atoms with Gasteiger partial charge < -0.3 is 9.67 Å². The Balaban J connectivity index is 1.88. The lowest BCUT2D eigenvalue weighted by Crippen LogP contribution is -2.03. The zero-order valence-electron chi connectivity index (χ0n) is 7.98. The standard InChI is InChI=1S/C10H16N2O/c1-12-7-11-6-9(12)10(13)5-4-8-2-3-8/h6-8,10,13H,2-5H2,1H3. The summed E-state index contributed by atoms with van der Waals surface area (Å²) in [6.07, 6.45) is 7.91. The van der Waals surface area contributed by atoms with Gasteiger partial charge in [-0.15, -0.1) is 0 Å². The number of aliphatic hydroxyl groups is 1. The third kappa shape index (κ3) is 2.10. The smallest absolute Gasteiger partial charge is 0.0955 e. The maximum absolute atomic E-state index is 9.81. The van der Waals surface area contributed by atoms with Gasteiger partial charge in [-0.25, -0.2) is 4.98 Å². The lowest BCUT2D eigenvalue weighted by atomic mass is 10.1. The molecule has 1 N–H and O–H groups in total. The van der Waals surface area contributed by atoms with E-state index in [2.05, 4.69) is 4.98 Å². The van der Waals surface area contributed by atoms with E-state index in [1.807, 2.05) is 11.6 Å². The van der Waals surface area contributed by atoms with E-state index in [1.54, 1.807) is 12.5 Å². The number of aromatic nitrogens is 2. The van der Waals surface area contributed by atoms with E-state index in [9.17, 15) is 5.11 Å². The molecule has 1 heterocycles. The molecule has 1 aromatic rings. The Kier molecular flexibility index (Phi) is 2.36. The minimum absolute atomic E-state index is 0.326. The summed E-state index contributed by atoms with van der Waals surface area (Å²) in [5.74, 6) is 0.892. The maximum Gasteiger partial charge on any atom is 0.0955 e. The van der Waals surface area contributed by atoms with Crippen molar-refractivity contribution >= 4 is 0 Å². The van der Waals surface area contributed by atoms with Crippen LogP contribution in [0.25, 0.3) is 0 Å². The number of aryl methyl sites for hydroxylation is 1. The van der Waals surface area contributed by atoms with Gasteiger partial charge in [-0.2, -0.15) is 0 Å². The molecule has 1 unspecified atom stereocenters. The van der Waals surface area contributed by atoms with E-state index < -0.39 is 0 Å². The largest absolute Gasteiger partial charge is 0.387 e. The highest BCUT2D eigenvalue weighted by Gasteiger charge is 2.22. The van der Waals surface area contributed by atoms with Crippen molar-refractivity contribution in [1.29, 1.82) is 0 Å². The summed E-state index contributed by atoms with van der Waals surface area (Å²) in [5.41, 5.74) is 0.931. The van der Waals surface area contributed by atoms with E-state index in [-0.39, 0.29) is 6.10 Å². The molecule has 1 aliphatic rings. The third-order valence-corrected chi connectivity index (χ3v) is 2.74. The zero-order chi connectivity index (χ0) is 9.26. The van der Waals surface area contributed by atoms with Crippen LogP contribution in [0.5, 0.6) is 0 Å². The summed E-state index contributed by atoms with van der Waals surface area (Å²) in [6.45, 7) is 0. The predicted octanol–water partition coefficient (Wildman–Crippen LogP) is 1.64. The Morgan fingerprint density at radius 3 is 3.00 bits per heavy atom. The molecule has 13 heavy (non-hydrogen) atoms. The fourth-order valence-electron chi connectivity index (χ4n) is 1.64. The highest BCUT2D eigenvalue weighted by atomic mass is 16.3. The van der Waals surface area contributed by atoms with Crippen LogP contribution in [0.3, 0.4) is 0 Å². The third-order valence-electron chi connectivity index (χ3n) is 2.74. The van der Waals surface area contributed by atoms with E-state index in [4.69, 9.17) is 0 Å². The summed E-state index contributed by atoms with van der Waals surface area (Å²) in [7, 11) is 1.92. The van der Waals surface area contributed by atoms with Crippen LogP contribution in [0.15, 0.2) is 12.5 Å². The van der Waals surface area contributed by atoms with E-state index in [1.165, 1.54) is 12.8 Å². The molecule has 2 rings (SSSR count). The topological polar surface area (TPSA) is 38.0 Å². The van der Waals surface area contributed by atoms with E-state index in [0.717, 1.165) is 24.5 Å². The van der Waals surface area contributed by atoms with Crippen LogP contribution >= 0.6 is 0 Å². The highest BCUT2D eigenvalue weighted by Crippen LogP contribution is 2.35. The number of aliphatic hydroxyl groups excluding tert-OH is 1. The molecule has 1 atom stereocenters. The highest BCUT2D eigenvalue weighted by molar-refractivity contribution is 5.01. The Morgan fingerprint density at radius 1 is 1.69 bits per heavy atom. The molecular formula is C10H16N2O. The predicted molar refractivity (Wildman–Crippen MR) is 50.1 cm³/mol. The molecule has 1 saturated carbocycles. The second-order valence-corrected chi connectivity index (χ2v) is 3.97. The molecule has 0 amide bonds. The van der Waals surface area contributed by atoms with Gasteiger partial charge >= 0.3 is 0 Å². The summed E-state index contributed by atoms with van der Waals surface area (Å²) in [5, 5.41) is 9.81. The van der Waals surface area contributed by atoms with Gasteiger partial charge in [0.05, 0.1) is 24.3 Å². The van der Waals surface area contributed by atoms with Gasteiger partial charge in [0, 0.05) is 7.05 Å². The molecule has 1 aliphatic carbocycles. The number of rotatable bonds is 4. The summed E-state index contributed by atoms with van der Waals surface area (Å²) < 4.78 is 1.89. The van der Waals surface area contributed by atoms with Gasteiger partial charge in [0.2, 0.25) is 0 Å². The van der Waals surface area contributed by atoms with Crippen molar-refractivity contribution in [3.63, 3.8) is 0 Å². The first-order valence-corrected chi connectivity index (χ1v) is 4.91. The summed E-state index contributed by atoms with van der Waals surface area (Å²) >= 11 is 0. The lowest BCUT2D eigenvalue weighted by molar-refractivity contribution is 0.154. The maximum atomic E-state index is 9.81. The van der Waals surface area contributed by atoms with Crippen LogP contribution in [0.1, 0.15) is 37.5 Å². The number of hydrogen-bond donors (Lipinski definition) is 1. The summed E-state index contributed by atoms with van der Waals surface area (Å²) in [6, 6.07) is 0. The van der Waals surface area contributed by atoms with Gasteiger partial charge in [-0.3, -0.25) is 0 Å². The first-order valence-electron chi connectivity index (χ1n) is 4.91. The molecule has 0 bridgehead atoms. The average molecular weight is 180 g/mol. The molecule has 1 aromatic heterocycles. The Labute approximate surface area is 78.4 Å². The van der Waals surface area contributed by atoms with Crippen molar-refractivity contribution in [2.24, 2.45) is 13.0 Å². The fraction of sp³-hybridized carbons (Fsp3) is 0.700. The molecule has 0 spiro atoms. The van der Waals surface area contributed by atoms with Gasteiger partial charge in [0.25, 0.3) is 0 Å². The zero-order valence-corrected chi connectivity index (χ0v) is 7.98. The summed E-state index contributed by atoms with van der Waals surface area (Å²) in [4.78, 5) is 3.99. The second kappa shape index (κ2) is 3.50. The first kappa shape index (κ1) is 8.75. The van der Waals surface area contributed by atoms with Crippen molar-refractivity contribution in [2.75, 3.05) is 0 Å². The SMILES string of the molecule is Cn1cncc1C(O)CCC1CC1. The Morgan fingerprint density at radius 2 is 2.46 bits per heavy atom. The molecule has 3 nitrogen and oxygen atoms in total. The van der Waals surface area contributed by atoms with Crippen molar-refractivity contribution in [2.45, 2.75) is 31.8 Å². The van der Waals surface area contributed by atoms with Crippen molar-refractivity contribution in [3.8, 4) is 0 Å². The van der Waals surface area contributed by atoms with Gasteiger partial charge in [0.1, 0.15) is 0 Å². The number of nitrogens with zero attached hydrogens (tertiary/aromatic N) is 2. The van der Waals surface area contributed by atoms with E-state index in [0.29, 0.717) is 0 Å². The second-order valence-electron chi connectivity index (χ2n) is 3.97. The van der Waals surface area contributed by atoms with Crippen molar-refractivity contribution in [3.05, 3.63) is 18.2 Å². The van der Waals surface area contributed by atoms with Gasteiger partial charge in [-0.05, 0) is 18.8 Å².